The monoisotopic (exact) mass is 598 g/mol. The van der Waals surface area contributed by atoms with E-state index >= 15 is 0 Å². The number of halogens is 3. The average Bonchev–Trinajstić information content (AvgIpc) is 3.57. The maximum Gasteiger partial charge on any atom is 0.253 e. The fraction of sp³-hybridized carbons (Fsp3) is 0.290. The van der Waals surface area contributed by atoms with Crippen molar-refractivity contribution >= 4 is 38.4 Å². The number of Topliss-reactive ketones (excluding diaryl/α,β-unsaturated/α-hetero) is 1. The molecule has 0 spiro atoms. The number of alkyl halides is 2. The molecule has 11 heteroatoms. The molecule has 0 aliphatic carbocycles. The summed E-state index contributed by atoms with van der Waals surface area (Å²) in [7, 11) is -3.98. The van der Waals surface area contributed by atoms with Crippen molar-refractivity contribution in [2.75, 3.05) is 36.9 Å². The number of furan rings is 1. The fourth-order valence-corrected chi connectivity index (χ4v) is 6.18. The molecule has 0 radical (unpaired) electrons. The number of benzene rings is 3. The number of anilines is 1. The quantitative estimate of drug-likeness (QED) is 0.208. The molecular weight excluding hydrogens is 569 g/mol. The lowest BCUT2D eigenvalue weighted by Gasteiger charge is -2.24. The van der Waals surface area contributed by atoms with E-state index in [0.29, 0.717) is 22.1 Å². The summed E-state index contributed by atoms with van der Waals surface area (Å²) in [5.74, 6) is -0.903. The second-order valence-corrected chi connectivity index (χ2v) is 12.1. The molecule has 0 N–H and O–H groups in total. The van der Waals surface area contributed by atoms with Crippen LogP contribution in [-0.4, -0.2) is 63.7 Å². The minimum Gasteiger partial charge on any atom is -0.455 e. The lowest BCUT2D eigenvalue weighted by molar-refractivity contribution is 0.0782. The molecule has 7 nitrogen and oxygen atoms in total. The summed E-state index contributed by atoms with van der Waals surface area (Å²) in [5.41, 5.74) is 1.97. The molecule has 0 bridgehead atoms. The highest BCUT2D eigenvalue weighted by molar-refractivity contribution is 7.92. The topological polar surface area (TPSA) is 87.9 Å². The molecule has 5 rings (SSSR count). The number of fused-ring (bicyclic) bond motifs is 1. The van der Waals surface area contributed by atoms with Gasteiger partial charge in [-0.15, -0.1) is 0 Å². The zero-order valence-corrected chi connectivity index (χ0v) is 23.9. The second kappa shape index (κ2) is 11.6. The maximum atomic E-state index is 13.8. The van der Waals surface area contributed by atoms with E-state index < -0.39 is 35.2 Å². The summed E-state index contributed by atoms with van der Waals surface area (Å²) in [6.45, 7) is 0.508. The normalized spacial score (nSPS) is 15.4. The Morgan fingerprint density at radius 1 is 1.07 bits per heavy atom. The number of sulfonamides is 1. The standard InChI is InChI=1S/C31H29F3N2O5S/c1-3-27(37)29-25-16-24(20-5-4-6-21(15-20)31(38)35-13-11-23(34)18-35)26(36(14-12-32)42(2,39)40)17-28(25)41-30(29)19-7-9-22(33)10-8-19/h4-10,15-17,23H,3,11-14,18H2,1-2H3/t23-/m0/s1. The Hall–Kier alpha value is -4.12. The summed E-state index contributed by atoms with van der Waals surface area (Å²) in [6, 6.07) is 14.9. The van der Waals surface area contributed by atoms with Crippen LogP contribution >= 0.6 is 0 Å². The van der Waals surface area contributed by atoms with Gasteiger partial charge in [-0.3, -0.25) is 13.9 Å². The Bertz CT molecular complexity index is 1770. The van der Waals surface area contributed by atoms with Crippen molar-refractivity contribution < 1.29 is 35.6 Å². The molecule has 3 aromatic carbocycles. The first kappa shape index (κ1) is 29.4. The van der Waals surface area contributed by atoms with Crippen LogP contribution in [-0.2, 0) is 10.0 Å². The van der Waals surface area contributed by atoms with Gasteiger partial charge in [0, 0.05) is 41.1 Å². The third-order valence-electron chi connectivity index (χ3n) is 7.31. The van der Waals surface area contributed by atoms with Crippen molar-refractivity contribution in [3.63, 3.8) is 0 Å². The first-order chi connectivity index (χ1) is 20.0. The third-order valence-corrected chi connectivity index (χ3v) is 8.49. The summed E-state index contributed by atoms with van der Waals surface area (Å²) in [4.78, 5) is 27.8. The maximum absolute atomic E-state index is 13.8. The molecule has 0 unspecified atom stereocenters. The first-order valence-electron chi connectivity index (χ1n) is 13.5. The van der Waals surface area contributed by atoms with Gasteiger partial charge in [-0.05, 0) is 54.4 Å². The number of likely N-dealkylation sites (tertiary alicyclic amines) is 1. The molecule has 1 amide bonds. The van der Waals surface area contributed by atoms with Crippen molar-refractivity contribution in [3.05, 3.63) is 77.6 Å². The Labute approximate surface area is 241 Å². The largest absolute Gasteiger partial charge is 0.455 e. The van der Waals surface area contributed by atoms with Gasteiger partial charge in [0.15, 0.2) is 5.78 Å². The van der Waals surface area contributed by atoms with Gasteiger partial charge >= 0.3 is 0 Å². The predicted octanol–water partition coefficient (Wildman–Crippen LogP) is 6.42. The van der Waals surface area contributed by atoms with Gasteiger partial charge in [0.1, 0.15) is 30.0 Å². The summed E-state index contributed by atoms with van der Waals surface area (Å²) in [5, 5.41) is 0.380. The first-order valence-corrected chi connectivity index (χ1v) is 15.3. The molecular formula is C31H29F3N2O5S. The molecule has 1 aromatic heterocycles. The number of carbonyl (C=O) groups excluding carboxylic acids is 2. The Balaban J connectivity index is 1.76. The van der Waals surface area contributed by atoms with Crippen LogP contribution in [0.25, 0.3) is 33.4 Å². The van der Waals surface area contributed by atoms with Gasteiger partial charge in [-0.1, -0.05) is 19.1 Å². The summed E-state index contributed by atoms with van der Waals surface area (Å²) < 4.78 is 73.8. The number of ketones is 1. The molecule has 1 aliphatic heterocycles. The van der Waals surface area contributed by atoms with Crippen molar-refractivity contribution in [2.45, 2.75) is 25.9 Å². The van der Waals surface area contributed by atoms with Crippen LogP contribution in [0.1, 0.15) is 40.5 Å². The highest BCUT2D eigenvalue weighted by Crippen LogP contribution is 2.42. The van der Waals surface area contributed by atoms with Crippen molar-refractivity contribution in [1.29, 1.82) is 0 Å². The van der Waals surface area contributed by atoms with E-state index in [1.165, 1.54) is 35.2 Å². The number of hydrogen-bond acceptors (Lipinski definition) is 5. The number of rotatable bonds is 9. The average molecular weight is 599 g/mol. The van der Waals surface area contributed by atoms with Crippen LogP contribution in [0.5, 0.6) is 0 Å². The third kappa shape index (κ3) is 5.65. The fourth-order valence-electron chi connectivity index (χ4n) is 5.27. The zero-order valence-electron chi connectivity index (χ0n) is 23.1. The van der Waals surface area contributed by atoms with E-state index in [-0.39, 0.29) is 65.8 Å². The van der Waals surface area contributed by atoms with Crippen molar-refractivity contribution in [1.82, 2.24) is 4.90 Å². The van der Waals surface area contributed by atoms with Gasteiger partial charge in [-0.2, -0.15) is 0 Å². The molecule has 1 saturated heterocycles. The highest BCUT2D eigenvalue weighted by atomic mass is 32.2. The number of hydrogen-bond donors (Lipinski definition) is 0. The lowest BCUT2D eigenvalue weighted by atomic mass is 9.95. The zero-order chi connectivity index (χ0) is 30.2. The van der Waals surface area contributed by atoms with Gasteiger partial charge < -0.3 is 9.32 Å². The highest BCUT2D eigenvalue weighted by Gasteiger charge is 2.29. The molecule has 1 fully saturated rings. The Kier molecular flexibility index (Phi) is 8.14. The van der Waals surface area contributed by atoms with E-state index in [2.05, 4.69) is 0 Å². The molecule has 4 aromatic rings. The number of carbonyl (C=O) groups is 2. The van der Waals surface area contributed by atoms with E-state index in [0.717, 1.165) is 10.6 Å². The number of amides is 1. The van der Waals surface area contributed by atoms with Crippen LogP contribution in [0, 0.1) is 5.82 Å². The second-order valence-electron chi connectivity index (χ2n) is 10.2. The molecule has 1 atom stereocenters. The molecule has 1 aliphatic rings. The molecule has 42 heavy (non-hydrogen) atoms. The van der Waals surface area contributed by atoms with Crippen LogP contribution in [0.3, 0.4) is 0 Å². The van der Waals surface area contributed by atoms with Crippen LogP contribution < -0.4 is 4.31 Å². The predicted molar refractivity (Wildman–Crippen MR) is 155 cm³/mol. The SMILES string of the molecule is CCC(=O)c1c(-c2ccc(F)cc2)oc2cc(N(CCF)S(C)(=O)=O)c(-c3cccc(C(=O)N4CC[C@H](F)C4)c3)cc12. The number of nitrogens with zero attached hydrogens (tertiary/aromatic N) is 2. The smallest absolute Gasteiger partial charge is 0.253 e. The van der Waals surface area contributed by atoms with Crippen molar-refractivity contribution in [3.8, 4) is 22.5 Å². The summed E-state index contributed by atoms with van der Waals surface area (Å²) >= 11 is 0. The van der Waals surface area contributed by atoms with Crippen LogP contribution in [0.2, 0.25) is 0 Å². The summed E-state index contributed by atoms with van der Waals surface area (Å²) in [6.07, 6.45) is 0.243. The van der Waals surface area contributed by atoms with E-state index in [1.54, 1.807) is 37.3 Å². The van der Waals surface area contributed by atoms with E-state index in [1.807, 2.05) is 0 Å². The van der Waals surface area contributed by atoms with Crippen molar-refractivity contribution in [2.24, 2.45) is 0 Å². The van der Waals surface area contributed by atoms with Gasteiger partial charge in [0.25, 0.3) is 5.91 Å². The lowest BCUT2D eigenvalue weighted by Crippen LogP contribution is -2.32. The van der Waals surface area contributed by atoms with Crippen LogP contribution in [0.4, 0.5) is 18.9 Å². The minimum absolute atomic E-state index is 0.0116. The van der Waals surface area contributed by atoms with Crippen LogP contribution in [0.15, 0.2) is 65.1 Å². The van der Waals surface area contributed by atoms with Gasteiger partial charge in [0.05, 0.1) is 30.6 Å². The molecule has 220 valence electrons. The van der Waals surface area contributed by atoms with E-state index in [4.69, 9.17) is 4.42 Å². The van der Waals surface area contributed by atoms with Gasteiger partial charge in [-0.25, -0.2) is 21.6 Å². The van der Waals surface area contributed by atoms with E-state index in [9.17, 15) is 31.2 Å². The van der Waals surface area contributed by atoms with Gasteiger partial charge in [0.2, 0.25) is 10.0 Å². The Morgan fingerprint density at radius 3 is 2.43 bits per heavy atom. The molecule has 0 saturated carbocycles. The Morgan fingerprint density at radius 2 is 1.81 bits per heavy atom. The molecule has 2 heterocycles. The minimum atomic E-state index is -3.98.